The van der Waals surface area contributed by atoms with Crippen LogP contribution in [-0.2, 0) is 9.59 Å². The number of nitrogens with zero attached hydrogens (tertiary/aromatic N) is 1. The molecule has 1 atom stereocenters. The average molecular weight is 292 g/mol. The Kier molecular flexibility index (Phi) is 6.07. The summed E-state index contributed by atoms with van der Waals surface area (Å²) in [6.07, 6.45) is 0. The normalized spacial score (nSPS) is 11.7. The minimum atomic E-state index is -0.921. The summed E-state index contributed by atoms with van der Waals surface area (Å²) in [6.45, 7) is 3.60. The van der Waals surface area contributed by atoms with Gasteiger partial charge >= 0.3 is 5.97 Å². The number of nitriles is 1. The number of rotatable bonds is 6. The fraction of sp³-hybridized carbons (Fsp3) is 0.357. The quantitative estimate of drug-likeness (QED) is 0.840. The van der Waals surface area contributed by atoms with E-state index < -0.39 is 11.2 Å². The summed E-state index contributed by atoms with van der Waals surface area (Å²) in [6, 6.07) is 8.66. The lowest BCUT2D eigenvalue weighted by atomic mass is 10.1. The van der Waals surface area contributed by atoms with E-state index in [2.05, 4.69) is 5.32 Å². The predicted molar refractivity (Wildman–Crippen MR) is 78.5 cm³/mol. The second-order valence-electron chi connectivity index (χ2n) is 4.52. The van der Waals surface area contributed by atoms with Crippen molar-refractivity contribution in [2.24, 2.45) is 5.92 Å². The van der Waals surface area contributed by atoms with Crippen LogP contribution >= 0.6 is 11.8 Å². The molecule has 0 aliphatic rings. The summed E-state index contributed by atoms with van der Waals surface area (Å²) < 4.78 is 0. The van der Waals surface area contributed by atoms with Gasteiger partial charge < -0.3 is 10.4 Å². The molecule has 1 aromatic rings. The summed E-state index contributed by atoms with van der Waals surface area (Å²) in [4.78, 5) is 22.8. The lowest BCUT2D eigenvalue weighted by molar-refractivity contribution is -0.137. The molecule has 0 fully saturated rings. The Balaban J connectivity index is 2.60. The van der Waals surface area contributed by atoms with Crippen molar-refractivity contribution in [3.63, 3.8) is 0 Å². The summed E-state index contributed by atoms with van der Waals surface area (Å²) in [5, 5.41) is 19.9. The monoisotopic (exact) mass is 292 g/mol. The van der Waals surface area contributed by atoms with E-state index in [-0.39, 0.29) is 17.6 Å². The highest BCUT2D eigenvalue weighted by Gasteiger charge is 2.23. The number of nitrogens with one attached hydrogen (secondary N) is 1. The zero-order valence-electron chi connectivity index (χ0n) is 11.3. The standard InChI is InChI=1S/C14H16N2O3S/c1-9(2)13(14(18)19)20-8-12(17)16-11-6-4-3-5-10(11)7-15/h3-6,9,13H,8H2,1-2H3,(H,16,17)(H,18,19). The molecule has 0 spiro atoms. The van der Waals surface area contributed by atoms with Crippen LogP contribution in [-0.4, -0.2) is 28.0 Å². The maximum absolute atomic E-state index is 11.8. The second-order valence-corrected chi connectivity index (χ2v) is 5.65. The van der Waals surface area contributed by atoms with Crippen LogP contribution in [0.25, 0.3) is 0 Å². The molecule has 0 aromatic heterocycles. The van der Waals surface area contributed by atoms with Crippen molar-refractivity contribution in [2.75, 3.05) is 11.1 Å². The first kappa shape index (κ1) is 16.1. The molecule has 1 amide bonds. The Morgan fingerprint density at radius 1 is 1.40 bits per heavy atom. The number of anilines is 1. The van der Waals surface area contributed by atoms with Crippen LogP contribution in [0, 0.1) is 17.2 Å². The molecule has 106 valence electrons. The van der Waals surface area contributed by atoms with Crippen molar-refractivity contribution in [2.45, 2.75) is 19.1 Å². The Labute approximate surface area is 122 Å². The van der Waals surface area contributed by atoms with E-state index in [4.69, 9.17) is 10.4 Å². The summed E-state index contributed by atoms with van der Waals surface area (Å²) >= 11 is 1.08. The number of carboxylic acid groups (broad SMARTS) is 1. The highest BCUT2D eigenvalue weighted by atomic mass is 32.2. The van der Waals surface area contributed by atoms with Gasteiger partial charge in [-0.25, -0.2) is 0 Å². The van der Waals surface area contributed by atoms with Crippen LogP contribution in [0.15, 0.2) is 24.3 Å². The van der Waals surface area contributed by atoms with Gasteiger partial charge in [-0.15, -0.1) is 11.8 Å². The average Bonchev–Trinajstić information content (AvgIpc) is 2.38. The minimum absolute atomic E-state index is 0.0366. The fourth-order valence-corrected chi connectivity index (χ4v) is 2.52. The van der Waals surface area contributed by atoms with E-state index in [0.717, 1.165) is 11.8 Å². The van der Waals surface area contributed by atoms with E-state index in [1.807, 2.05) is 6.07 Å². The van der Waals surface area contributed by atoms with Gasteiger partial charge in [0.25, 0.3) is 0 Å². The molecule has 0 radical (unpaired) electrons. The van der Waals surface area contributed by atoms with E-state index in [9.17, 15) is 9.59 Å². The number of amides is 1. The molecule has 0 saturated carbocycles. The van der Waals surface area contributed by atoms with Gasteiger partial charge in [0.2, 0.25) is 5.91 Å². The maximum Gasteiger partial charge on any atom is 0.316 e. The summed E-state index contributed by atoms with van der Waals surface area (Å²) in [5.74, 6) is -1.26. The molecule has 0 bridgehead atoms. The number of carbonyl (C=O) groups is 2. The molecule has 1 rings (SSSR count). The summed E-state index contributed by atoms with van der Waals surface area (Å²) in [7, 11) is 0. The van der Waals surface area contributed by atoms with Gasteiger partial charge in [0, 0.05) is 0 Å². The molecule has 2 N–H and O–H groups in total. The van der Waals surface area contributed by atoms with Gasteiger partial charge in [-0.05, 0) is 18.1 Å². The number of para-hydroxylation sites is 1. The van der Waals surface area contributed by atoms with Crippen molar-refractivity contribution in [3.05, 3.63) is 29.8 Å². The molecule has 1 unspecified atom stereocenters. The van der Waals surface area contributed by atoms with Crippen molar-refractivity contribution in [1.29, 1.82) is 5.26 Å². The van der Waals surface area contributed by atoms with E-state index >= 15 is 0 Å². The molecule has 0 aliphatic carbocycles. The number of carbonyl (C=O) groups excluding carboxylic acids is 1. The predicted octanol–water partition coefficient (Wildman–Crippen LogP) is 2.34. The molecular weight excluding hydrogens is 276 g/mol. The Morgan fingerprint density at radius 3 is 2.60 bits per heavy atom. The number of carboxylic acids is 1. The van der Waals surface area contributed by atoms with Gasteiger partial charge in [0.1, 0.15) is 11.3 Å². The van der Waals surface area contributed by atoms with E-state index in [0.29, 0.717) is 11.3 Å². The SMILES string of the molecule is CC(C)C(SCC(=O)Nc1ccccc1C#N)C(=O)O. The van der Waals surface area contributed by atoms with Crippen molar-refractivity contribution >= 4 is 29.3 Å². The first-order valence-corrected chi connectivity index (χ1v) is 7.14. The van der Waals surface area contributed by atoms with E-state index in [1.54, 1.807) is 38.1 Å². The number of thioether (sulfide) groups is 1. The number of aliphatic carboxylic acids is 1. The van der Waals surface area contributed by atoms with Crippen LogP contribution < -0.4 is 5.32 Å². The molecular formula is C14H16N2O3S. The fourth-order valence-electron chi connectivity index (χ4n) is 1.59. The molecule has 5 nitrogen and oxygen atoms in total. The highest BCUT2D eigenvalue weighted by Crippen LogP contribution is 2.20. The Bertz CT molecular complexity index is 537. The van der Waals surface area contributed by atoms with Crippen LogP contribution in [0.1, 0.15) is 19.4 Å². The van der Waals surface area contributed by atoms with Crippen LogP contribution in [0.5, 0.6) is 0 Å². The van der Waals surface area contributed by atoms with Crippen LogP contribution in [0.3, 0.4) is 0 Å². The summed E-state index contributed by atoms with van der Waals surface area (Å²) in [5.41, 5.74) is 0.821. The smallest absolute Gasteiger partial charge is 0.316 e. The lowest BCUT2D eigenvalue weighted by Gasteiger charge is -2.15. The first-order chi connectivity index (χ1) is 9.45. The van der Waals surface area contributed by atoms with Crippen LogP contribution in [0.4, 0.5) is 5.69 Å². The van der Waals surface area contributed by atoms with Crippen molar-refractivity contribution < 1.29 is 14.7 Å². The minimum Gasteiger partial charge on any atom is -0.480 e. The number of hydrogen-bond acceptors (Lipinski definition) is 4. The van der Waals surface area contributed by atoms with Gasteiger partial charge in [-0.3, -0.25) is 9.59 Å². The third-order valence-electron chi connectivity index (χ3n) is 2.56. The number of hydrogen-bond donors (Lipinski definition) is 2. The highest BCUT2D eigenvalue weighted by molar-refractivity contribution is 8.01. The molecule has 0 heterocycles. The molecule has 1 aromatic carbocycles. The first-order valence-electron chi connectivity index (χ1n) is 6.09. The van der Waals surface area contributed by atoms with Gasteiger partial charge in [0.15, 0.2) is 0 Å². The largest absolute Gasteiger partial charge is 0.480 e. The lowest BCUT2D eigenvalue weighted by Crippen LogP contribution is -2.25. The van der Waals surface area contributed by atoms with E-state index in [1.165, 1.54) is 0 Å². The maximum atomic E-state index is 11.8. The van der Waals surface area contributed by atoms with Crippen LogP contribution in [0.2, 0.25) is 0 Å². The molecule has 0 saturated heterocycles. The van der Waals surface area contributed by atoms with Crippen molar-refractivity contribution in [3.8, 4) is 6.07 Å². The molecule has 0 aliphatic heterocycles. The number of benzene rings is 1. The van der Waals surface area contributed by atoms with Gasteiger partial charge in [0.05, 0.1) is 17.0 Å². The Hall–Kier alpha value is -2.00. The topological polar surface area (TPSA) is 90.2 Å². The van der Waals surface area contributed by atoms with Gasteiger partial charge in [-0.1, -0.05) is 26.0 Å². The second kappa shape index (κ2) is 7.56. The van der Waals surface area contributed by atoms with Crippen molar-refractivity contribution in [1.82, 2.24) is 0 Å². The molecule has 6 heteroatoms. The zero-order chi connectivity index (χ0) is 15.1. The third kappa shape index (κ3) is 4.59. The third-order valence-corrected chi connectivity index (χ3v) is 4.10. The van der Waals surface area contributed by atoms with Gasteiger partial charge in [-0.2, -0.15) is 5.26 Å². The molecule has 20 heavy (non-hydrogen) atoms. The zero-order valence-corrected chi connectivity index (χ0v) is 12.1. The Morgan fingerprint density at radius 2 is 2.05 bits per heavy atom.